The van der Waals surface area contributed by atoms with Gasteiger partial charge >= 0.3 is 0 Å². The van der Waals surface area contributed by atoms with Crippen LogP contribution in [0.15, 0.2) is 29.4 Å². The van der Waals surface area contributed by atoms with Crippen LogP contribution in [0.4, 0.5) is 0 Å². The van der Waals surface area contributed by atoms with Gasteiger partial charge in [-0.25, -0.2) is 0 Å². The molecule has 1 aromatic heterocycles. The molecule has 1 heterocycles. The third kappa shape index (κ3) is 3.52. The van der Waals surface area contributed by atoms with Crippen LogP contribution in [0.3, 0.4) is 0 Å². The van der Waals surface area contributed by atoms with Crippen molar-refractivity contribution < 1.29 is 9.53 Å². The van der Waals surface area contributed by atoms with E-state index in [2.05, 4.69) is 20.8 Å². The third-order valence-corrected chi connectivity index (χ3v) is 7.87. The topological polar surface area (TPSA) is 81.9 Å². The monoisotopic (exact) mass is 413 g/mol. The Morgan fingerprint density at radius 1 is 1.21 bits per heavy atom. The van der Waals surface area contributed by atoms with Crippen LogP contribution in [0, 0.1) is 17.8 Å². The number of amides is 1. The number of ether oxygens (including phenoxy) is 1. The van der Waals surface area contributed by atoms with E-state index in [1.54, 1.807) is 11.8 Å². The number of para-hydroxylation sites is 2. The Labute approximate surface area is 175 Å². The SMILES string of the molecule is COc1ccccc1-n1nnnc1S[C@@H](C)C(=O)NC12CC3CC(CC(C3)C1)C2. The smallest absolute Gasteiger partial charge is 0.233 e. The first kappa shape index (κ1) is 18.9. The first-order valence-corrected chi connectivity index (χ1v) is 11.3. The quantitative estimate of drug-likeness (QED) is 0.732. The lowest BCUT2D eigenvalue weighted by Crippen LogP contribution is -2.60. The van der Waals surface area contributed by atoms with Crippen LogP contribution in [-0.4, -0.2) is 44.0 Å². The Balaban J connectivity index is 1.30. The molecule has 0 aliphatic heterocycles. The van der Waals surface area contributed by atoms with Crippen molar-refractivity contribution in [1.82, 2.24) is 25.5 Å². The van der Waals surface area contributed by atoms with Gasteiger partial charge in [0.1, 0.15) is 11.4 Å². The fourth-order valence-corrected chi connectivity index (χ4v) is 6.85. The molecular formula is C21H27N5O2S. The van der Waals surface area contributed by atoms with E-state index in [1.807, 2.05) is 31.2 Å². The van der Waals surface area contributed by atoms with Gasteiger partial charge in [-0.15, -0.1) is 5.10 Å². The molecule has 2 aromatic rings. The van der Waals surface area contributed by atoms with Gasteiger partial charge in [0.05, 0.1) is 12.4 Å². The molecule has 4 saturated carbocycles. The lowest BCUT2D eigenvalue weighted by atomic mass is 9.53. The standard InChI is InChI=1S/C21H27N5O2S/c1-13(19(27)22-21-10-14-7-15(11-21)9-16(8-14)12-21)29-20-23-24-25-26(20)17-5-3-4-6-18(17)28-2/h3-6,13-16H,7-12H2,1-2H3,(H,22,27)/t13-,14?,15?,16?,21?/m0/s1. The van der Waals surface area contributed by atoms with E-state index >= 15 is 0 Å². The van der Waals surface area contributed by atoms with Crippen LogP contribution in [0.2, 0.25) is 0 Å². The molecular weight excluding hydrogens is 386 g/mol. The highest BCUT2D eigenvalue weighted by atomic mass is 32.2. The molecule has 1 atom stereocenters. The van der Waals surface area contributed by atoms with E-state index in [4.69, 9.17) is 4.74 Å². The van der Waals surface area contributed by atoms with Gasteiger partial charge in [-0.05, 0) is 85.8 Å². The predicted molar refractivity (Wildman–Crippen MR) is 110 cm³/mol. The fraction of sp³-hybridized carbons (Fsp3) is 0.619. The van der Waals surface area contributed by atoms with Crippen molar-refractivity contribution in [2.45, 2.75) is 61.4 Å². The Morgan fingerprint density at radius 2 is 1.86 bits per heavy atom. The number of tetrazole rings is 1. The van der Waals surface area contributed by atoms with Crippen molar-refractivity contribution in [3.63, 3.8) is 0 Å². The summed E-state index contributed by atoms with van der Waals surface area (Å²) < 4.78 is 7.07. The number of hydrogen-bond acceptors (Lipinski definition) is 6. The summed E-state index contributed by atoms with van der Waals surface area (Å²) in [6.45, 7) is 1.93. The minimum atomic E-state index is -0.275. The second-order valence-corrected chi connectivity index (χ2v) is 10.3. The second kappa shape index (κ2) is 7.31. The van der Waals surface area contributed by atoms with Crippen LogP contribution in [0.1, 0.15) is 45.4 Å². The van der Waals surface area contributed by atoms with Gasteiger partial charge in [0.2, 0.25) is 11.1 Å². The number of thioether (sulfide) groups is 1. The highest BCUT2D eigenvalue weighted by molar-refractivity contribution is 8.00. The highest BCUT2D eigenvalue weighted by Gasteiger charge is 2.51. The lowest BCUT2D eigenvalue weighted by Gasteiger charge is -2.57. The number of carbonyl (C=O) groups is 1. The summed E-state index contributed by atoms with van der Waals surface area (Å²) in [5.74, 6) is 3.20. The lowest BCUT2D eigenvalue weighted by molar-refractivity contribution is -0.126. The molecule has 4 aliphatic carbocycles. The molecule has 4 aliphatic rings. The van der Waals surface area contributed by atoms with E-state index in [0.29, 0.717) is 10.9 Å². The van der Waals surface area contributed by atoms with Crippen molar-refractivity contribution in [2.75, 3.05) is 7.11 Å². The van der Waals surface area contributed by atoms with Crippen molar-refractivity contribution in [3.05, 3.63) is 24.3 Å². The van der Waals surface area contributed by atoms with Crippen molar-refractivity contribution in [3.8, 4) is 11.4 Å². The number of carbonyl (C=O) groups excluding carboxylic acids is 1. The van der Waals surface area contributed by atoms with Gasteiger partial charge in [-0.2, -0.15) is 4.68 Å². The summed E-state index contributed by atoms with van der Waals surface area (Å²) in [5, 5.41) is 15.8. The number of benzene rings is 1. The van der Waals surface area contributed by atoms with Gasteiger partial charge in [0.25, 0.3) is 0 Å². The number of hydrogen-bond donors (Lipinski definition) is 1. The summed E-state index contributed by atoms with van der Waals surface area (Å²) in [5.41, 5.74) is 0.783. The Bertz CT molecular complexity index is 879. The van der Waals surface area contributed by atoms with Crippen LogP contribution in [0.25, 0.3) is 5.69 Å². The molecule has 8 heteroatoms. The Kier molecular flexibility index (Phi) is 4.76. The van der Waals surface area contributed by atoms with E-state index in [-0.39, 0.29) is 16.7 Å². The third-order valence-electron chi connectivity index (χ3n) is 6.83. The number of rotatable bonds is 6. The molecule has 4 fully saturated rings. The van der Waals surface area contributed by atoms with Crippen molar-refractivity contribution in [1.29, 1.82) is 0 Å². The fourth-order valence-electron chi connectivity index (χ4n) is 6.05. The molecule has 6 rings (SSSR count). The van der Waals surface area contributed by atoms with Gasteiger partial charge in [-0.3, -0.25) is 4.79 Å². The first-order chi connectivity index (χ1) is 14.0. The highest BCUT2D eigenvalue weighted by Crippen LogP contribution is 2.55. The molecule has 1 amide bonds. The molecule has 0 radical (unpaired) electrons. The maximum absolute atomic E-state index is 13.1. The Morgan fingerprint density at radius 3 is 2.52 bits per heavy atom. The molecule has 4 bridgehead atoms. The van der Waals surface area contributed by atoms with Crippen LogP contribution in [-0.2, 0) is 4.79 Å². The van der Waals surface area contributed by atoms with Crippen LogP contribution in [0.5, 0.6) is 5.75 Å². The molecule has 1 N–H and O–H groups in total. The maximum Gasteiger partial charge on any atom is 0.233 e. The number of nitrogens with zero attached hydrogens (tertiary/aromatic N) is 4. The van der Waals surface area contributed by atoms with Gasteiger partial charge in [-0.1, -0.05) is 23.9 Å². The second-order valence-electron chi connectivity index (χ2n) is 8.99. The summed E-state index contributed by atoms with van der Waals surface area (Å²) in [6.07, 6.45) is 7.57. The number of nitrogens with one attached hydrogen (secondary N) is 1. The predicted octanol–water partition coefficient (Wildman–Crippen LogP) is 3.24. The maximum atomic E-state index is 13.1. The summed E-state index contributed by atoms with van der Waals surface area (Å²) in [4.78, 5) is 13.1. The summed E-state index contributed by atoms with van der Waals surface area (Å²) >= 11 is 1.39. The van der Waals surface area contributed by atoms with Crippen molar-refractivity contribution in [2.24, 2.45) is 17.8 Å². The number of methoxy groups -OCH3 is 1. The molecule has 0 unspecified atom stereocenters. The molecule has 29 heavy (non-hydrogen) atoms. The summed E-state index contributed by atoms with van der Waals surface area (Å²) in [7, 11) is 1.62. The zero-order chi connectivity index (χ0) is 20.0. The normalized spacial score (nSPS) is 30.9. The largest absolute Gasteiger partial charge is 0.494 e. The molecule has 0 saturated heterocycles. The average Bonchev–Trinajstić information content (AvgIpc) is 3.14. The molecule has 0 spiro atoms. The average molecular weight is 414 g/mol. The van der Waals surface area contributed by atoms with E-state index in [9.17, 15) is 4.79 Å². The van der Waals surface area contributed by atoms with Crippen molar-refractivity contribution >= 4 is 17.7 Å². The van der Waals surface area contributed by atoms with E-state index in [1.165, 1.54) is 31.0 Å². The summed E-state index contributed by atoms with van der Waals surface area (Å²) in [6, 6.07) is 7.59. The minimum absolute atomic E-state index is 0.0230. The van der Waals surface area contributed by atoms with Crippen LogP contribution >= 0.6 is 11.8 Å². The van der Waals surface area contributed by atoms with Gasteiger partial charge in [0, 0.05) is 5.54 Å². The van der Waals surface area contributed by atoms with Gasteiger partial charge < -0.3 is 10.1 Å². The molecule has 154 valence electrons. The zero-order valence-electron chi connectivity index (χ0n) is 16.9. The first-order valence-electron chi connectivity index (χ1n) is 10.5. The molecule has 1 aromatic carbocycles. The van der Waals surface area contributed by atoms with Crippen LogP contribution < -0.4 is 10.1 Å². The van der Waals surface area contributed by atoms with Gasteiger partial charge in [0.15, 0.2) is 0 Å². The Hall–Kier alpha value is -2.09. The number of aromatic nitrogens is 4. The van der Waals surface area contributed by atoms with E-state index < -0.39 is 0 Å². The molecule has 7 nitrogen and oxygen atoms in total. The minimum Gasteiger partial charge on any atom is -0.494 e. The van der Waals surface area contributed by atoms with E-state index in [0.717, 1.165) is 42.7 Å². The zero-order valence-corrected chi connectivity index (χ0v) is 17.7.